The Morgan fingerprint density at radius 3 is 2.62 bits per heavy atom. The van der Waals surface area contributed by atoms with Gasteiger partial charge in [0, 0.05) is 42.9 Å². The average molecular weight is 492 g/mol. The maximum absolute atomic E-state index is 12.0. The van der Waals surface area contributed by atoms with E-state index in [0.717, 1.165) is 25.3 Å². The number of rotatable bonds is 7. The van der Waals surface area contributed by atoms with E-state index in [9.17, 15) is 4.79 Å². The average Bonchev–Trinajstić information content (AvgIpc) is 3.14. The number of hydrogen-bond acceptors (Lipinski definition) is 3. The Kier molecular flexibility index (Phi) is 10.5. The molecule has 148 valence electrons. The van der Waals surface area contributed by atoms with Crippen LogP contribution >= 0.6 is 35.3 Å². The molecule has 1 saturated carbocycles. The fourth-order valence-corrected chi connectivity index (χ4v) is 3.97. The van der Waals surface area contributed by atoms with Crippen molar-refractivity contribution >= 4 is 47.2 Å². The van der Waals surface area contributed by atoms with Gasteiger partial charge in [0.2, 0.25) is 5.91 Å². The van der Waals surface area contributed by atoms with Gasteiger partial charge in [0.1, 0.15) is 0 Å². The molecule has 0 radical (unpaired) electrons. The molecular formula is C19H33IN4OS. The number of nitrogens with one attached hydrogen (secondary N) is 3. The molecule has 1 aromatic heterocycles. The molecule has 7 heteroatoms. The maximum atomic E-state index is 12.0. The number of hydrogen-bond donors (Lipinski definition) is 3. The first-order valence-electron chi connectivity index (χ1n) is 9.29. The molecule has 0 atom stereocenters. The van der Waals surface area contributed by atoms with Crippen molar-refractivity contribution in [3.8, 4) is 0 Å². The Bertz CT molecular complexity index is 554. The van der Waals surface area contributed by atoms with Crippen molar-refractivity contribution in [1.82, 2.24) is 16.0 Å². The molecule has 1 heterocycles. The number of thiophene rings is 1. The molecule has 5 nitrogen and oxygen atoms in total. The van der Waals surface area contributed by atoms with E-state index in [2.05, 4.69) is 52.3 Å². The van der Waals surface area contributed by atoms with E-state index >= 15 is 0 Å². The quantitative estimate of drug-likeness (QED) is 0.309. The van der Waals surface area contributed by atoms with Gasteiger partial charge in [0.25, 0.3) is 0 Å². The highest BCUT2D eigenvalue weighted by atomic mass is 127. The Balaban J connectivity index is 0.00000338. The molecular weight excluding hydrogens is 459 g/mol. The van der Waals surface area contributed by atoms with Gasteiger partial charge in [-0.3, -0.25) is 9.79 Å². The van der Waals surface area contributed by atoms with Crippen molar-refractivity contribution in [2.45, 2.75) is 63.8 Å². The number of guanidine groups is 1. The summed E-state index contributed by atoms with van der Waals surface area (Å²) in [5, 5.41) is 11.9. The molecule has 0 aromatic carbocycles. The van der Waals surface area contributed by atoms with Crippen LogP contribution in [-0.2, 0) is 10.2 Å². The van der Waals surface area contributed by atoms with E-state index in [1.165, 1.54) is 24.1 Å². The summed E-state index contributed by atoms with van der Waals surface area (Å²) < 4.78 is 0. The highest BCUT2D eigenvalue weighted by Crippen LogP contribution is 2.26. The van der Waals surface area contributed by atoms with E-state index in [1.54, 1.807) is 18.4 Å². The van der Waals surface area contributed by atoms with Crippen LogP contribution in [-0.4, -0.2) is 38.0 Å². The summed E-state index contributed by atoms with van der Waals surface area (Å²) in [7, 11) is 1.76. The molecule has 2 rings (SSSR count). The zero-order valence-corrected chi connectivity index (χ0v) is 19.3. The largest absolute Gasteiger partial charge is 0.356 e. The van der Waals surface area contributed by atoms with Crippen LogP contribution in [0.5, 0.6) is 0 Å². The van der Waals surface area contributed by atoms with Gasteiger partial charge >= 0.3 is 0 Å². The third-order valence-corrected chi connectivity index (χ3v) is 5.96. The lowest BCUT2D eigenvalue weighted by molar-refractivity contribution is -0.121. The fraction of sp³-hybridized carbons (Fsp3) is 0.684. The number of halogens is 1. The van der Waals surface area contributed by atoms with Gasteiger partial charge in [0.05, 0.1) is 0 Å². The third-order valence-electron chi connectivity index (χ3n) is 4.72. The molecule has 1 aliphatic carbocycles. The second-order valence-corrected chi connectivity index (χ2v) is 8.31. The molecule has 1 aromatic rings. The minimum absolute atomic E-state index is 0. The highest BCUT2D eigenvalue weighted by molar-refractivity contribution is 14.0. The van der Waals surface area contributed by atoms with Crippen molar-refractivity contribution in [1.29, 1.82) is 0 Å². The highest BCUT2D eigenvalue weighted by Gasteiger charge is 2.22. The van der Waals surface area contributed by atoms with Crippen molar-refractivity contribution in [3.05, 3.63) is 22.4 Å². The van der Waals surface area contributed by atoms with E-state index in [1.807, 2.05) is 0 Å². The lowest BCUT2D eigenvalue weighted by Gasteiger charge is -2.25. The number of carbonyl (C=O) groups excluding carboxylic acids is 1. The van der Waals surface area contributed by atoms with Crippen LogP contribution in [0.25, 0.3) is 0 Å². The van der Waals surface area contributed by atoms with Crippen molar-refractivity contribution in [2.24, 2.45) is 4.99 Å². The Labute approximate surface area is 178 Å². The van der Waals surface area contributed by atoms with Gasteiger partial charge in [0.15, 0.2) is 5.96 Å². The zero-order chi connectivity index (χ0) is 18.1. The Hall–Kier alpha value is -0.830. The number of carbonyl (C=O) groups is 1. The van der Waals surface area contributed by atoms with E-state index in [0.29, 0.717) is 19.0 Å². The minimum Gasteiger partial charge on any atom is -0.356 e. The van der Waals surface area contributed by atoms with Crippen molar-refractivity contribution in [3.63, 3.8) is 0 Å². The van der Waals surface area contributed by atoms with E-state index < -0.39 is 0 Å². The molecule has 26 heavy (non-hydrogen) atoms. The van der Waals surface area contributed by atoms with Crippen molar-refractivity contribution in [2.75, 3.05) is 20.1 Å². The first kappa shape index (κ1) is 23.2. The monoisotopic (exact) mass is 492 g/mol. The maximum Gasteiger partial charge on any atom is 0.221 e. The lowest BCUT2D eigenvalue weighted by atomic mass is 9.91. The molecule has 0 unspecified atom stereocenters. The summed E-state index contributed by atoms with van der Waals surface area (Å²) in [6.45, 7) is 5.83. The molecule has 0 spiro atoms. The van der Waals surface area contributed by atoms with Gasteiger partial charge < -0.3 is 16.0 Å². The van der Waals surface area contributed by atoms with Crippen LogP contribution in [0.1, 0.15) is 57.2 Å². The Morgan fingerprint density at radius 1 is 1.27 bits per heavy atom. The van der Waals surface area contributed by atoms with Gasteiger partial charge in [-0.25, -0.2) is 0 Å². The molecule has 1 amide bonds. The van der Waals surface area contributed by atoms with E-state index in [-0.39, 0.29) is 35.3 Å². The van der Waals surface area contributed by atoms with Gasteiger partial charge in [-0.15, -0.1) is 35.3 Å². The van der Waals surface area contributed by atoms with Gasteiger partial charge in [-0.05, 0) is 24.3 Å². The van der Waals surface area contributed by atoms with E-state index in [4.69, 9.17) is 0 Å². The van der Waals surface area contributed by atoms with Crippen LogP contribution in [0.3, 0.4) is 0 Å². The predicted molar refractivity (Wildman–Crippen MR) is 122 cm³/mol. The molecule has 0 bridgehead atoms. The lowest BCUT2D eigenvalue weighted by Crippen LogP contribution is -2.44. The SMILES string of the molecule is CN=C(NCCC(=O)NC1CCCCC1)NCC(C)(C)c1cccs1.I. The zero-order valence-electron chi connectivity index (χ0n) is 16.1. The molecule has 3 N–H and O–H groups in total. The third kappa shape index (κ3) is 7.82. The normalized spacial score (nSPS) is 15.9. The first-order chi connectivity index (χ1) is 12.0. The summed E-state index contributed by atoms with van der Waals surface area (Å²) in [5.41, 5.74) is 0.0458. The second kappa shape index (κ2) is 11.8. The molecule has 1 fully saturated rings. The molecule has 0 saturated heterocycles. The van der Waals surface area contributed by atoms with Crippen LogP contribution in [0.15, 0.2) is 22.5 Å². The summed E-state index contributed by atoms with van der Waals surface area (Å²) in [5.74, 6) is 0.879. The summed E-state index contributed by atoms with van der Waals surface area (Å²) in [6, 6.07) is 4.63. The van der Waals surface area contributed by atoms with Gasteiger partial charge in [-0.2, -0.15) is 0 Å². The van der Waals surface area contributed by atoms with Crippen LogP contribution in [0.2, 0.25) is 0 Å². The number of amides is 1. The fourth-order valence-electron chi connectivity index (χ4n) is 3.12. The summed E-state index contributed by atoms with van der Waals surface area (Å²) in [6.07, 6.45) is 6.50. The smallest absolute Gasteiger partial charge is 0.221 e. The van der Waals surface area contributed by atoms with Crippen LogP contribution in [0, 0.1) is 0 Å². The van der Waals surface area contributed by atoms with Crippen LogP contribution < -0.4 is 16.0 Å². The second-order valence-electron chi connectivity index (χ2n) is 7.37. The molecule has 1 aliphatic rings. The predicted octanol–water partition coefficient (Wildman–Crippen LogP) is 3.65. The van der Waals surface area contributed by atoms with Crippen molar-refractivity contribution < 1.29 is 4.79 Å². The minimum atomic E-state index is 0. The number of nitrogens with zero attached hydrogens (tertiary/aromatic N) is 1. The summed E-state index contributed by atoms with van der Waals surface area (Å²) in [4.78, 5) is 17.6. The van der Waals surface area contributed by atoms with Gasteiger partial charge in [-0.1, -0.05) is 39.2 Å². The topological polar surface area (TPSA) is 65.5 Å². The Morgan fingerprint density at radius 2 is 2.00 bits per heavy atom. The molecule has 0 aliphatic heterocycles. The van der Waals surface area contributed by atoms with Crippen LogP contribution in [0.4, 0.5) is 0 Å². The summed E-state index contributed by atoms with van der Waals surface area (Å²) >= 11 is 1.77. The first-order valence-corrected chi connectivity index (χ1v) is 10.2. The number of aliphatic imine (C=N–C) groups is 1. The standard InChI is InChI=1S/C19H32N4OS.HI/c1-19(2,16-10-7-13-25-16)14-22-18(20-3)21-12-11-17(24)23-15-8-5-4-6-9-15;/h7,10,13,15H,4-6,8-9,11-12,14H2,1-3H3,(H,23,24)(H2,20,21,22);1H.